The van der Waals surface area contributed by atoms with Gasteiger partial charge in [0.2, 0.25) is 10.9 Å². The predicted molar refractivity (Wildman–Crippen MR) is 99.0 cm³/mol. The maximum absolute atomic E-state index is 12.9. The number of alkyl halides is 3. The summed E-state index contributed by atoms with van der Waals surface area (Å²) in [7, 11) is 0. The monoisotopic (exact) mass is 414 g/mol. The Morgan fingerprint density at radius 1 is 1.37 bits per heavy atom. The van der Waals surface area contributed by atoms with Crippen LogP contribution in [-0.4, -0.2) is 49.9 Å². The van der Waals surface area contributed by atoms with E-state index in [2.05, 4.69) is 10.2 Å². The van der Waals surface area contributed by atoms with Crippen molar-refractivity contribution in [3.8, 4) is 0 Å². The Labute approximate surface area is 161 Å². The standard InChI is InChI=1S/C17H17F3N4OS2/c1-10(11-6-7-11)23(9-17(18,19)20)14(25)8-26-15-21-22-16-24(15)12-4-2-3-5-13(12)27-16/h2-5,10-11H,6-9H2,1H3/t10-/m1/s1. The lowest BCUT2D eigenvalue weighted by Crippen LogP contribution is -2.46. The van der Waals surface area contributed by atoms with Crippen molar-refractivity contribution in [2.45, 2.75) is 37.1 Å². The molecule has 1 amide bonds. The Kier molecular flexibility index (Phi) is 4.79. The van der Waals surface area contributed by atoms with Gasteiger partial charge < -0.3 is 4.90 Å². The number of halogens is 3. The summed E-state index contributed by atoms with van der Waals surface area (Å²) in [6.45, 7) is 0.494. The van der Waals surface area contributed by atoms with Crippen molar-refractivity contribution >= 4 is 44.2 Å². The second kappa shape index (κ2) is 6.97. The third-order valence-electron chi connectivity index (χ3n) is 4.70. The summed E-state index contributed by atoms with van der Waals surface area (Å²) < 4.78 is 41.7. The van der Waals surface area contributed by atoms with Gasteiger partial charge >= 0.3 is 6.18 Å². The number of amides is 1. The first kappa shape index (κ1) is 18.5. The summed E-state index contributed by atoms with van der Waals surface area (Å²) in [5.74, 6) is -0.451. The van der Waals surface area contributed by atoms with Gasteiger partial charge in [0.25, 0.3) is 0 Å². The van der Waals surface area contributed by atoms with E-state index < -0.39 is 24.7 Å². The number of hydrogen-bond donors (Lipinski definition) is 0. The second-order valence-electron chi connectivity index (χ2n) is 6.67. The number of thioether (sulfide) groups is 1. The van der Waals surface area contributed by atoms with E-state index in [1.807, 2.05) is 28.7 Å². The molecule has 1 saturated carbocycles. The largest absolute Gasteiger partial charge is 0.406 e. The van der Waals surface area contributed by atoms with Crippen LogP contribution in [0.25, 0.3) is 15.2 Å². The summed E-state index contributed by atoms with van der Waals surface area (Å²) in [5, 5.41) is 8.73. The number of carbonyl (C=O) groups is 1. The van der Waals surface area contributed by atoms with Gasteiger partial charge in [-0.2, -0.15) is 13.2 Å². The van der Waals surface area contributed by atoms with E-state index in [9.17, 15) is 18.0 Å². The van der Waals surface area contributed by atoms with E-state index >= 15 is 0 Å². The Bertz CT molecular complexity index is 980. The molecule has 10 heteroatoms. The molecule has 0 bridgehead atoms. The van der Waals surface area contributed by atoms with E-state index in [-0.39, 0.29) is 11.7 Å². The third kappa shape index (κ3) is 3.91. The number of fused-ring (bicyclic) bond motifs is 3. The average molecular weight is 414 g/mol. The number of para-hydroxylation sites is 1. The molecule has 1 aliphatic rings. The molecule has 0 saturated heterocycles. The molecular weight excluding hydrogens is 397 g/mol. The van der Waals surface area contributed by atoms with Crippen molar-refractivity contribution in [3.63, 3.8) is 0 Å². The predicted octanol–water partition coefficient (Wildman–Crippen LogP) is 4.23. The zero-order chi connectivity index (χ0) is 19.2. The van der Waals surface area contributed by atoms with Gasteiger partial charge in [-0.25, -0.2) is 0 Å². The molecule has 144 valence electrons. The fourth-order valence-electron chi connectivity index (χ4n) is 3.14. The number of benzene rings is 1. The topological polar surface area (TPSA) is 50.5 Å². The summed E-state index contributed by atoms with van der Waals surface area (Å²) in [5.41, 5.74) is 0.927. The maximum Gasteiger partial charge on any atom is 0.406 e. The van der Waals surface area contributed by atoms with Crippen molar-refractivity contribution in [2.75, 3.05) is 12.3 Å². The van der Waals surface area contributed by atoms with Crippen molar-refractivity contribution in [1.82, 2.24) is 19.5 Å². The van der Waals surface area contributed by atoms with Gasteiger partial charge in [-0.05, 0) is 37.8 Å². The summed E-state index contributed by atoms with van der Waals surface area (Å²) in [6, 6.07) is 7.32. The molecule has 1 aliphatic carbocycles. The van der Waals surface area contributed by atoms with Crippen LogP contribution in [0.4, 0.5) is 13.2 Å². The Balaban J connectivity index is 1.52. The first-order chi connectivity index (χ1) is 12.8. The van der Waals surface area contributed by atoms with Gasteiger partial charge in [0, 0.05) is 6.04 Å². The van der Waals surface area contributed by atoms with E-state index in [1.165, 1.54) is 11.3 Å². The molecule has 2 aromatic heterocycles. The fraction of sp³-hybridized carbons (Fsp3) is 0.471. The highest BCUT2D eigenvalue weighted by Gasteiger charge is 2.40. The van der Waals surface area contributed by atoms with Crippen LogP contribution in [0.2, 0.25) is 0 Å². The highest BCUT2D eigenvalue weighted by molar-refractivity contribution is 7.99. The number of carbonyl (C=O) groups excluding carboxylic acids is 1. The summed E-state index contributed by atoms with van der Waals surface area (Å²) in [4.78, 5) is 14.2. The molecule has 0 N–H and O–H groups in total. The van der Waals surface area contributed by atoms with Crippen molar-refractivity contribution in [1.29, 1.82) is 0 Å². The van der Waals surface area contributed by atoms with Gasteiger partial charge in [0.1, 0.15) is 6.54 Å². The molecule has 1 aromatic carbocycles. The number of aromatic nitrogens is 3. The highest BCUT2D eigenvalue weighted by Crippen LogP contribution is 2.37. The number of rotatable bonds is 6. The molecule has 27 heavy (non-hydrogen) atoms. The summed E-state index contributed by atoms with van der Waals surface area (Å²) >= 11 is 2.61. The van der Waals surface area contributed by atoms with Crippen LogP contribution in [0.5, 0.6) is 0 Å². The van der Waals surface area contributed by atoms with Crippen LogP contribution in [0.15, 0.2) is 29.4 Å². The SMILES string of the molecule is C[C@H](C1CC1)N(CC(F)(F)F)C(=O)CSc1nnc2sc3ccccc3n12. The van der Waals surface area contributed by atoms with Crippen molar-refractivity contribution < 1.29 is 18.0 Å². The first-order valence-electron chi connectivity index (χ1n) is 8.55. The lowest BCUT2D eigenvalue weighted by molar-refractivity contribution is -0.164. The fourth-order valence-corrected chi connectivity index (χ4v) is 5.00. The molecule has 0 unspecified atom stereocenters. The maximum atomic E-state index is 12.9. The molecule has 1 atom stereocenters. The van der Waals surface area contributed by atoms with Crippen LogP contribution in [0.1, 0.15) is 19.8 Å². The van der Waals surface area contributed by atoms with E-state index in [0.717, 1.165) is 39.7 Å². The van der Waals surface area contributed by atoms with E-state index in [0.29, 0.717) is 10.1 Å². The Morgan fingerprint density at radius 3 is 2.81 bits per heavy atom. The van der Waals surface area contributed by atoms with Gasteiger partial charge in [-0.3, -0.25) is 9.20 Å². The Morgan fingerprint density at radius 2 is 2.11 bits per heavy atom. The van der Waals surface area contributed by atoms with Crippen molar-refractivity contribution in [3.05, 3.63) is 24.3 Å². The first-order valence-corrected chi connectivity index (χ1v) is 10.4. The van der Waals surface area contributed by atoms with Gasteiger partial charge in [-0.1, -0.05) is 35.2 Å². The van der Waals surface area contributed by atoms with Crippen LogP contribution < -0.4 is 0 Å². The second-order valence-corrected chi connectivity index (χ2v) is 8.63. The molecular formula is C17H17F3N4OS2. The van der Waals surface area contributed by atoms with Crippen LogP contribution in [0.3, 0.4) is 0 Å². The molecule has 0 spiro atoms. The zero-order valence-electron chi connectivity index (χ0n) is 14.4. The normalized spacial score (nSPS) is 16.1. The van der Waals surface area contributed by atoms with Crippen LogP contribution in [0, 0.1) is 5.92 Å². The van der Waals surface area contributed by atoms with Crippen LogP contribution in [-0.2, 0) is 4.79 Å². The molecule has 2 heterocycles. The molecule has 4 rings (SSSR count). The number of nitrogens with zero attached hydrogens (tertiary/aromatic N) is 4. The quantitative estimate of drug-likeness (QED) is 0.567. The van der Waals surface area contributed by atoms with Crippen LogP contribution >= 0.6 is 23.1 Å². The molecule has 3 aromatic rings. The minimum Gasteiger partial charge on any atom is -0.330 e. The van der Waals surface area contributed by atoms with Gasteiger partial charge in [0.05, 0.1) is 16.0 Å². The van der Waals surface area contributed by atoms with Gasteiger partial charge in [0.15, 0.2) is 5.16 Å². The highest BCUT2D eigenvalue weighted by atomic mass is 32.2. The minimum atomic E-state index is -4.41. The summed E-state index contributed by atoms with van der Waals surface area (Å²) in [6.07, 6.45) is -2.65. The molecule has 1 fully saturated rings. The van der Waals surface area contributed by atoms with Gasteiger partial charge in [-0.15, -0.1) is 10.2 Å². The van der Waals surface area contributed by atoms with E-state index in [1.54, 1.807) is 6.92 Å². The molecule has 0 radical (unpaired) electrons. The lowest BCUT2D eigenvalue weighted by Gasteiger charge is -2.30. The molecule has 0 aliphatic heterocycles. The van der Waals surface area contributed by atoms with Crippen molar-refractivity contribution in [2.24, 2.45) is 5.92 Å². The Hall–Kier alpha value is -1.81. The average Bonchev–Trinajstić information content (AvgIpc) is 3.29. The zero-order valence-corrected chi connectivity index (χ0v) is 16.1. The number of thiazole rings is 1. The van der Waals surface area contributed by atoms with E-state index in [4.69, 9.17) is 0 Å². The molecule has 5 nitrogen and oxygen atoms in total. The number of hydrogen-bond acceptors (Lipinski definition) is 5. The minimum absolute atomic E-state index is 0.0991. The smallest absolute Gasteiger partial charge is 0.330 e. The third-order valence-corrected chi connectivity index (χ3v) is 6.63. The lowest BCUT2D eigenvalue weighted by atomic mass is 10.2.